The summed E-state index contributed by atoms with van der Waals surface area (Å²) in [4.78, 5) is 23.3. The van der Waals surface area contributed by atoms with Crippen molar-refractivity contribution in [3.8, 4) is 0 Å². The average molecular weight is 289 g/mol. The van der Waals surface area contributed by atoms with Gasteiger partial charge in [-0.15, -0.1) is 0 Å². The number of halogens is 1. The van der Waals surface area contributed by atoms with Gasteiger partial charge in [0, 0.05) is 29.1 Å². The van der Waals surface area contributed by atoms with Gasteiger partial charge in [0.15, 0.2) is 5.43 Å². The minimum atomic E-state index is -0.925. The monoisotopic (exact) mass is 289 g/mol. The summed E-state index contributed by atoms with van der Waals surface area (Å²) in [5.41, 5.74) is 1.73. The fourth-order valence-corrected chi connectivity index (χ4v) is 2.88. The molecule has 3 rings (SSSR count). The van der Waals surface area contributed by atoms with Crippen molar-refractivity contribution in [2.45, 2.75) is 38.6 Å². The lowest BCUT2D eigenvalue weighted by molar-refractivity contribution is -0.136. The Bertz CT molecular complexity index is 790. The van der Waals surface area contributed by atoms with Crippen molar-refractivity contribution < 1.29 is 14.3 Å². The third-order valence-corrected chi connectivity index (χ3v) is 4.04. The lowest BCUT2D eigenvalue weighted by Crippen LogP contribution is -2.19. The first-order valence-corrected chi connectivity index (χ1v) is 7.04. The Morgan fingerprint density at radius 3 is 2.76 bits per heavy atom. The Hall–Kier alpha value is -2.17. The largest absolute Gasteiger partial charge is 0.481 e. The van der Waals surface area contributed by atoms with Crippen molar-refractivity contribution >= 4 is 16.9 Å². The molecule has 1 saturated carbocycles. The van der Waals surface area contributed by atoms with E-state index >= 15 is 0 Å². The molecule has 1 aromatic carbocycles. The maximum atomic E-state index is 13.5. The summed E-state index contributed by atoms with van der Waals surface area (Å²) >= 11 is 0. The number of carbonyl (C=O) groups is 1. The molecule has 4 nitrogen and oxygen atoms in total. The van der Waals surface area contributed by atoms with Crippen molar-refractivity contribution in [1.82, 2.24) is 4.57 Å². The summed E-state index contributed by atoms with van der Waals surface area (Å²) in [6, 6.07) is 4.45. The van der Waals surface area contributed by atoms with E-state index in [0.29, 0.717) is 22.5 Å². The number of benzene rings is 1. The zero-order valence-corrected chi connectivity index (χ0v) is 11.7. The Labute approximate surface area is 120 Å². The number of carboxylic acid groups (broad SMARTS) is 1. The van der Waals surface area contributed by atoms with Gasteiger partial charge in [-0.3, -0.25) is 9.59 Å². The number of fused-ring (bicyclic) bond motifs is 1. The molecule has 0 saturated heterocycles. The molecule has 0 bridgehead atoms. The molecule has 1 aliphatic carbocycles. The van der Waals surface area contributed by atoms with E-state index in [0.717, 1.165) is 18.5 Å². The van der Waals surface area contributed by atoms with E-state index in [-0.39, 0.29) is 24.1 Å². The predicted molar refractivity (Wildman–Crippen MR) is 77.1 cm³/mol. The highest BCUT2D eigenvalue weighted by molar-refractivity contribution is 5.81. The van der Waals surface area contributed by atoms with Crippen LogP contribution in [0.3, 0.4) is 0 Å². The Kier molecular flexibility index (Phi) is 3.27. The van der Waals surface area contributed by atoms with E-state index in [1.54, 1.807) is 0 Å². The molecule has 0 amide bonds. The molecular formula is C16H16FNO3. The Morgan fingerprint density at radius 1 is 1.43 bits per heavy atom. The molecule has 1 N–H and O–H groups in total. The molecule has 0 spiro atoms. The first-order chi connectivity index (χ1) is 9.99. The van der Waals surface area contributed by atoms with Gasteiger partial charge in [0.25, 0.3) is 0 Å². The smallest absolute Gasteiger partial charge is 0.303 e. The number of hydrogen-bond donors (Lipinski definition) is 1. The van der Waals surface area contributed by atoms with Crippen LogP contribution in [-0.2, 0) is 11.2 Å². The lowest BCUT2D eigenvalue weighted by Gasteiger charge is -2.17. The predicted octanol–water partition coefficient (Wildman–Crippen LogP) is 2.80. The van der Waals surface area contributed by atoms with Crippen LogP contribution >= 0.6 is 0 Å². The molecule has 1 fully saturated rings. The second-order valence-electron chi connectivity index (χ2n) is 5.55. The van der Waals surface area contributed by atoms with Gasteiger partial charge in [-0.25, -0.2) is 4.39 Å². The van der Waals surface area contributed by atoms with Gasteiger partial charge in [-0.05, 0) is 44.4 Å². The van der Waals surface area contributed by atoms with E-state index in [2.05, 4.69) is 0 Å². The summed E-state index contributed by atoms with van der Waals surface area (Å²) in [5.74, 6) is -1.29. The molecule has 1 aromatic heterocycles. The molecule has 2 aromatic rings. The van der Waals surface area contributed by atoms with Gasteiger partial charge in [-0.2, -0.15) is 0 Å². The second-order valence-corrected chi connectivity index (χ2v) is 5.55. The van der Waals surface area contributed by atoms with Gasteiger partial charge < -0.3 is 9.67 Å². The zero-order chi connectivity index (χ0) is 15.1. The fourth-order valence-electron chi connectivity index (χ4n) is 2.88. The van der Waals surface area contributed by atoms with Crippen LogP contribution in [0.5, 0.6) is 0 Å². The van der Waals surface area contributed by atoms with Crippen molar-refractivity contribution in [1.29, 1.82) is 0 Å². The minimum absolute atomic E-state index is 0.0759. The highest BCUT2D eigenvalue weighted by Gasteiger charge is 2.28. The Balaban J connectivity index is 2.26. The highest BCUT2D eigenvalue weighted by atomic mass is 19.1. The maximum Gasteiger partial charge on any atom is 0.303 e. The van der Waals surface area contributed by atoms with Gasteiger partial charge in [0.2, 0.25) is 0 Å². The van der Waals surface area contributed by atoms with E-state index < -0.39 is 5.97 Å². The number of nitrogens with zero attached hydrogens (tertiary/aromatic N) is 1. The summed E-state index contributed by atoms with van der Waals surface area (Å²) in [5, 5.41) is 9.31. The quantitative estimate of drug-likeness (QED) is 0.941. The second kappa shape index (κ2) is 4.98. The summed E-state index contributed by atoms with van der Waals surface area (Å²) in [6.45, 7) is 1.82. The number of rotatable bonds is 4. The number of aromatic nitrogens is 1. The number of hydrogen-bond acceptors (Lipinski definition) is 2. The first-order valence-electron chi connectivity index (χ1n) is 7.04. The third-order valence-electron chi connectivity index (χ3n) is 4.04. The molecule has 110 valence electrons. The SMILES string of the molecule is Cc1c(CCC(=O)O)c(=O)c2ccc(F)cc2n1C1CC1. The molecule has 1 heterocycles. The van der Waals surface area contributed by atoms with Gasteiger partial charge in [0.1, 0.15) is 5.82 Å². The van der Waals surface area contributed by atoms with E-state index in [1.165, 1.54) is 18.2 Å². The van der Waals surface area contributed by atoms with Crippen LogP contribution in [0.15, 0.2) is 23.0 Å². The van der Waals surface area contributed by atoms with Crippen LogP contribution in [-0.4, -0.2) is 15.6 Å². The fraction of sp³-hybridized carbons (Fsp3) is 0.375. The van der Waals surface area contributed by atoms with E-state index in [4.69, 9.17) is 5.11 Å². The maximum absolute atomic E-state index is 13.5. The van der Waals surface area contributed by atoms with Crippen LogP contribution in [0.1, 0.15) is 36.6 Å². The third kappa shape index (κ3) is 2.44. The molecule has 0 radical (unpaired) electrons. The molecular weight excluding hydrogens is 273 g/mol. The zero-order valence-electron chi connectivity index (χ0n) is 11.7. The van der Waals surface area contributed by atoms with Crippen molar-refractivity contribution in [2.75, 3.05) is 0 Å². The molecule has 21 heavy (non-hydrogen) atoms. The molecule has 1 aliphatic rings. The molecule has 0 unspecified atom stereocenters. The lowest BCUT2D eigenvalue weighted by atomic mass is 10.0. The minimum Gasteiger partial charge on any atom is -0.481 e. The van der Waals surface area contributed by atoms with Crippen LogP contribution in [0.25, 0.3) is 10.9 Å². The van der Waals surface area contributed by atoms with Crippen molar-refractivity contribution in [3.05, 3.63) is 45.5 Å². The summed E-state index contributed by atoms with van der Waals surface area (Å²) in [6.07, 6.45) is 2.15. The molecule has 0 atom stereocenters. The van der Waals surface area contributed by atoms with E-state index in [9.17, 15) is 14.0 Å². The Morgan fingerprint density at radius 2 is 2.14 bits per heavy atom. The van der Waals surface area contributed by atoms with Gasteiger partial charge in [0.05, 0.1) is 5.52 Å². The first kappa shape index (κ1) is 13.8. The van der Waals surface area contributed by atoms with Crippen LogP contribution in [0.4, 0.5) is 4.39 Å². The van der Waals surface area contributed by atoms with Crippen LogP contribution < -0.4 is 5.43 Å². The topological polar surface area (TPSA) is 59.3 Å². The average Bonchev–Trinajstić information content (AvgIpc) is 3.22. The van der Waals surface area contributed by atoms with Crippen molar-refractivity contribution in [3.63, 3.8) is 0 Å². The summed E-state index contributed by atoms with van der Waals surface area (Å²) in [7, 11) is 0. The van der Waals surface area contributed by atoms with Crippen LogP contribution in [0, 0.1) is 12.7 Å². The number of carboxylic acids is 1. The van der Waals surface area contributed by atoms with Gasteiger partial charge in [-0.1, -0.05) is 0 Å². The van der Waals surface area contributed by atoms with Gasteiger partial charge >= 0.3 is 5.97 Å². The molecule has 0 aliphatic heterocycles. The standard InChI is InChI=1S/C16H16FNO3/c1-9-12(6-7-15(19)20)16(21)13-5-2-10(17)8-14(13)18(9)11-3-4-11/h2,5,8,11H,3-4,6-7H2,1H3,(H,19,20). The number of aliphatic carboxylic acids is 1. The normalized spacial score (nSPS) is 14.6. The number of pyridine rings is 1. The highest BCUT2D eigenvalue weighted by Crippen LogP contribution is 2.38. The van der Waals surface area contributed by atoms with E-state index in [1.807, 2.05) is 11.5 Å². The molecule has 5 heteroatoms. The summed E-state index contributed by atoms with van der Waals surface area (Å²) < 4.78 is 15.5. The van der Waals surface area contributed by atoms with Crippen molar-refractivity contribution in [2.24, 2.45) is 0 Å². The van der Waals surface area contributed by atoms with Crippen LogP contribution in [0.2, 0.25) is 0 Å².